The van der Waals surface area contributed by atoms with E-state index in [9.17, 15) is 13.2 Å². The van der Waals surface area contributed by atoms with E-state index in [1.54, 1.807) is 25.1 Å². The average molecular weight is 272 g/mol. The van der Waals surface area contributed by atoms with Crippen LogP contribution in [-0.4, -0.2) is 26.7 Å². The molecule has 0 unspecified atom stereocenters. The van der Waals surface area contributed by atoms with Gasteiger partial charge in [-0.1, -0.05) is 6.07 Å². The van der Waals surface area contributed by atoms with Gasteiger partial charge in [0, 0.05) is 0 Å². The number of nitrogens with two attached hydrogens (primary N) is 1. The summed E-state index contributed by atoms with van der Waals surface area (Å²) in [6.45, 7) is 3.56. The first-order valence-electron chi connectivity index (χ1n) is 5.36. The minimum absolute atomic E-state index is 0.140. The van der Waals surface area contributed by atoms with Crippen LogP contribution in [0, 0.1) is 6.92 Å². The summed E-state index contributed by atoms with van der Waals surface area (Å²) in [5.41, 5.74) is 7.06. The molecular formula is C11H16N2O4S. The number of ether oxygens (including phenoxy) is 1. The Labute approximate surface area is 106 Å². The Bertz CT molecular complexity index is 540. The fraction of sp³-hybridized carbons (Fsp3) is 0.364. The maximum atomic E-state index is 11.7. The van der Waals surface area contributed by atoms with Gasteiger partial charge < -0.3 is 10.5 Å². The molecule has 1 aromatic rings. The highest BCUT2D eigenvalue weighted by atomic mass is 32.2. The maximum Gasteiger partial charge on any atom is 0.323 e. The molecule has 0 heterocycles. The highest BCUT2D eigenvalue weighted by Gasteiger charge is 2.18. The molecule has 0 saturated carbocycles. The van der Waals surface area contributed by atoms with Crippen LogP contribution in [0.25, 0.3) is 0 Å². The number of carbonyl (C=O) groups excluding carboxylic acids is 1. The Kier molecular flexibility index (Phi) is 4.55. The monoisotopic (exact) mass is 272 g/mol. The predicted molar refractivity (Wildman–Crippen MR) is 69.6 cm³/mol. The molecule has 0 fully saturated rings. The first-order chi connectivity index (χ1) is 8.34. The molecule has 6 nitrogen and oxygen atoms in total. The number of carbonyl (C=O) groups is 1. The molecule has 3 N–H and O–H groups in total. The minimum atomic E-state index is -3.80. The molecule has 0 saturated heterocycles. The van der Waals surface area contributed by atoms with E-state index < -0.39 is 21.7 Å². The lowest BCUT2D eigenvalue weighted by molar-refractivity contribution is -0.139. The van der Waals surface area contributed by atoms with E-state index in [1.165, 1.54) is 0 Å². The number of sulfonamides is 1. The van der Waals surface area contributed by atoms with Crippen LogP contribution in [0.3, 0.4) is 0 Å². The van der Waals surface area contributed by atoms with Gasteiger partial charge in [-0.25, -0.2) is 8.42 Å². The quantitative estimate of drug-likeness (QED) is 0.612. The van der Waals surface area contributed by atoms with Crippen molar-refractivity contribution in [3.63, 3.8) is 0 Å². The highest BCUT2D eigenvalue weighted by molar-refractivity contribution is 7.93. The summed E-state index contributed by atoms with van der Waals surface area (Å²) in [6, 6.07) is 4.95. The minimum Gasteiger partial charge on any atom is -0.465 e. The van der Waals surface area contributed by atoms with Gasteiger partial charge in [-0.2, -0.15) is 0 Å². The van der Waals surface area contributed by atoms with Crippen LogP contribution in [0.15, 0.2) is 18.2 Å². The van der Waals surface area contributed by atoms with Crippen molar-refractivity contribution in [3.05, 3.63) is 23.8 Å². The van der Waals surface area contributed by atoms with Crippen LogP contribution in [0.2, 0.25) is 0 Å². The molecular weight excluding hydrogens is 256 g/mol. The summed E-state index contributed by atoms with van der Waals surface area (Å²) >= 11 is 0. The Morgan fingerprint density at radius 3 is 2.72 bits per heavy atom. The van der Waals surface area contributed by atoms with Crippen LogP contribution in [0.5, 0.6) is 0 Å². The maximum absolute atomic E-state index is 11.7. The van der Waals surface area contributed by atoms with Crippen molar-refractivity contribution in [1.29, 1.82) is 0 Å². The number of benzene rings is 1. The molecule has 0 amide bonds. The summed E-state index contributed by atoms with van der Waals surface area (Å²) in [4.78, 5) is 11.1. The van der Waals surface area contributed by atoms with Crippen molar-refractivity contribution < 1.29 is 17.9 Å². The molecule has 7 heteroatoms. The SMILES string of the molecule is CCOC(=O)CS(=O)(=O)Nc1cc(C)ccc1N. The summed E-state index contributed by atoms with van der Waals surface area (Å²) < 4.78 is 30.2. The number of anilines is 2. The second-order valence-corrected chi connectivity index (χ2v) is 5.48. The molecule has 100 valence electrons. The normalized spacial score (nSPS) is 11.0. The molecule has 0 radical (unpaired) electrons. The first-order valence-corrected chi connectivity index (χ1v) is 7.01. The van der Waals surface area contributed by atoms with Crippen molar-refractivity contribution >= 4 is 27.4 Å². The molecule has 0 aliphatic carbocycles. The fourth-order valence-corrected chi connectivity index (χ4v) is 2.30. The summed E-state index contributed by atoms with van der Waals surface area (Å²) in [5.74, 6) is -1.52. The molecule has 0 aliphatic rings. The van der Waals surface area contributed by atoms with Gasteiger partial charge in [0.2, 0.25) is 10.0 Å². The zero-order valence-corrected chi connectivity index (χ0v) is 11.1. The third-order valence-electron chi connectivity index (χ3n) is 2.09. The highest BCUT2D eigenvalue weighted by Crippen LogP contribution is 2.20. The number of esters is 1. The topological polar surface area (TPSA) is 98.5 Å². The lowest BCUT2D eigenvalue weighted by Crippen LogP contribution is -2.24. The van der Waals surface area contributed by atoms with Gasteiger partial charge in [0.15, 0.2) is 5.75 Å². The van der Waals surface area contributed by atoms with Gasteiger partial charge in [0.05, 0.1) is 18.0 Å². The van der Waals surface area contributed by atoms with Crippen molar-refractivity contribution in [3.8, 4) is 0 Å². The Morgan fingerprint density at radius 1 is 1.44 bits per heavy atom. The zero-order chi connectivity index (χ0) is 13.8. The lowest BCUT2D eigenvalue weighted by atomic mass is 10.2. The van der Waals surface area contributed by atoms with Crippen molar-refractivity contribution in [2.24, 2.45) is 0 Å². The van der Waals surface area contributed by atoms with E-state index in [2.05, 4.69) is 9.46 Å². The number of rotatable bonds is 5. The molecule has 0 bridgehead atoms. The largest absolute Gasteiger partial charge is 0.465 e. The summed E-state index contributed by atoms with van der Waals surface area (Å²) in [5, 5.41) is 0. The fourth-order valence-electron chi connectivity index (χ4n) is 1.32. The van der Waals surface area contributed by atoms with Gasteiger partial charge in [-0.15, -0.1) is 0 Å². The van der Waals surface area contributed by atoms with Crippen molar-refractivity contribution in [2.75, 3.05) is 22.8 Å². The second kappa shape index (κ2) is 5.72. The smallest absolute Gasteiger partial charge is 0.323 e. The number of hydrogen-bond acceptors (Lipinski definition) is 5. The first kappa shape index (κ1) is 14.3. The van der Waals surface area contributed by atoms with Gasteiger partial charge >= 0.3 is 5.97 Å². The van der Waals surface area contributed by atoms with Gasteiger partial charge in [-0.3, -0.25) is 9.52 Å². The third-order valence-corrected chi connectivity index (χ3v) is 3.23. The Hall–Kier alpha value is -1.76. The molecule has 0 spiro atoms. The van der Waals surface area contributed by atoms with Crippen molar-refractivity contribution in [2.45, 2.75) is 13.8 Å². The standard InChI is InChI=1S/C11H16N2O4S/c1-3-17-11(14)7-18(15,16)13-10-6-8(2)4-5-9(10)12/h4-6,13H,3,7,12H2,1-2H3. The Balaban J connectivity index is 2.82. The molecule has 0 aliphatic heterocycles. The molecule has 0 atom stereocenters. The average Bonchev–Trinajstić information content (AvgIpc) is 2.22. The van der Waals surface area contributed by atoms with Crippen molar-refractivity contribution in [1.82, 2.24) is 0 Å². The zero-order valence-electron chi connectivity index (χ0n) is 10.3. The van der Waals surface area contributed by atoms with E-state index >= 15 is 0 Å². The molecule has 18 heavy (non-hydrogen) atoms. The number of nitrogens with one attached hydrogen (secondary N) is 1. The van der Waals surface area contributed by atoms with Gasteiger partial charge in [0.25, 0.3) is 0 Å². The van der Waals surface area contributed by atoms with Crippen LogP contribution >= 0.6 is 0 Å². The van der Waals surface area contributed by atoms with Gasteiger partial charge in [0.1, 0.15) is 0 Å². The van der Waals surface area contributed by atoms with E-state index in [4.69, 9.17) is 5.73 Å². The van der Waals surface area contributed by atoms with E-state index in [0.717, 1.165) is 5.56 Å². The van der Waals surface area contributed by atoms with Crippen LogP contribution in [-0.2, 0) is 19.6 Å². The third kappa shape index (κ3) is 4.25. The summed E-state index contributed by atoms with van der Waals surface area (Å²) in [7, 11) is -3.80. The molecule has 1 rings (SSSR count). The van der Waals surface area contributed by atoms with E-state index in [-0.39, 0.29) is 12.3 Å². The summed E-state index contributed by atoms with van der Waals surface area (Å²) in [6.07, 6.45) is 0. The van der Waals surface area contributed by atoms with Gasteiger partial charge in [-0.05, 0) is 31.5 Å². The molecule has 1 aromatic carbocycles. The molecule has 0 aromatic heterocycles. The second-order valence-electron chi connectivity index (χ2n) is 3.76. The van der Waals surface area contributed by atoms with E-state index in [0.29, 0.717) is 5.69 Å². The number of aryl methyl sites for hydroxylation is 1. The number of nitrogen functional groups attached to an aromatic ring is 1. The lowest BCUT2D eigenvalue weighted by Gasteiger charge is -2.10. The Morgan fingerprint density at radius 2 is 2.11 bits per heavy atom. The predicted octanol–water partition coefficient (Wildman–Crippen LogP) is 0.882. The van der Waals surface area contributed by atoms with Crippen LogP contribution in [0.4, 0.5) is 11.4 Å². The van der Waals surface area contributed by atoms with Crippen LogP contribution in [0.1, 0.15) is 12.5 Å². The number of hydrogen-bond donors (Lipinski definition) is 2. The van der Waals surface area contributed by atoms with Crippen LogP contribution < -0.4 is 10.5 Å². The van der Waals surface area contributed by atoms with E-state index in [1.807, 2.05) is 6.92 Å².